The second kappa shape index (κ2) is 11.0. The lowest BCUT2D eigenvalue weighted by molar-refractivity contribution is -0.134. The summed E-state index contributed by atoms with van der Waals surface area (Å²) in [5.41, 5.74) is 3.00. The van der Waals surface area contributed by atoms with Crippen molar-refractivity contribution in [3.05, 3.63) is 54.1 Å². The second-order valence-corrected chi connectivity index (χ2v) is 8.70. The van der Waals surface area contributed by atoms with Gasteiger partial charge in [0.1, 0.15) is 5.75 Å². The molecular weight excluding hydrogens is 402 g/mol. The average molecular weight is 438 g/mol. The van der Waals surface area contributed by atoms with Crippen molar-refractivity contribution in [2.24, 2.45) is 5.92 Å². The van der Waals surface area contributed by atoms with Crippen molar-refractivity contribution >= 4 is 23.2 Å². The van der Waals surface area contributed by atoms with E-state index in [0.29, 0.717) is 24.8 Å². The summed E-state index contributed by atoms with van der Waals surface area (Å²) in [7, 11) is 0. The summed E-state index contributed by atoms with van der Waals surface area (Å²) < 4.78 is 5.69. The van der Waals surface area contributed by atoms with E-state index >= 15 is 0 Å². The molecule has 0 aromatic heterocycles. The van der Waals surface area contributed by atoms with Crippen LogP contribution in [0, 0.1) is 5.92 Å². The Balaban J connectivity index is 1.56. The number of anilines is 2. The highest BCUT2D eigenvalue weighted by atomic mass is 16.5. The van der Waals surface area contributed by atoms with Crippen LogP contribution in [0.5, 0.6) is 5.75 Å². The van der Waals surface area contributed by atoms with Gasteiger partial charge in [-0.05, 0) is 42.2 Å². The minimum absolute atomic E-state index is 0.0133. The summed E-state index contributed by atoms with van der Waals surface area (Å²) in [6.07, 6.45) is 1.09. The normalized spacial score (nSPS) is 14.9. The molecule has 6 nitrogen and oxygen atoms in total. The van der Waals surface area contributed by atoms with Crippen molar-refractivity contribution in [1.82, 2.24) is 4.90 Å². The van der Waals surface area contributed by atoms with Gasteiger partial charge >= 0.3 is 0 Å². The van der Waals surface area contributed by atoms with E-state index in [1.54, 1.807) is 0 Å². The fraction of sp³-hybridized carbons (Fsp3) is 0.462. The summed E-state index contributed by atoms with van der Waals surface area (Å²) in [6, 6.07) is 15.7. The first-order chi connectivity index (χ1) is 15.4. The van der Waals surface area contributed by atoms with Gasteiger partial charge in [0, 0.05) is 32.1 Å². The van der Waals surface area contributed by atoms with Gasteiger partial charge in [-0.15, -0.1) is 0 Å². The van der Waals surface area contributed by atoms with Crippen LogP contribution in [-0.4, -0.2) is 49.5 Å². The van der Waals surface area contributed by atoms with E-state index in [-0.39, 0.29) is 24.3 Å². The SMILES string of the molecule is CCC(C)c1ccc(OCC(=O)Nc2ccccc2N2CCN(C(=O)C(C)C)CC2)cc1. The van der Waals surface area contributed by atoms with Gasteiger partial charge in [0.05, 0.1) is 11.4 Å². The number of carbonyl (C=O) groups excluding carboxylic acids is 2. The smallest absolute Gasteiger partial charge is 0.262 e. The Kier molecular flexibility index (Phi) is 8.14. The third kappa shape index (κ3) is 6.02. The molecule has 1 fully saturated rings. The molecule has 6 heteroatoms. The second-order valence-electron chi connectivity index (χ2n) is 8.70. The maximum atomic E-state index is 12.6. The number of ether oxygens (including phenoxy) is 1. The molecule has 1 saturated heterocycles. The molecule has 3 rings (SSSR count). The van der Waals surface area contributed by atoms with E-state index in [0.717, 1.165) is 30.9 Å². The highest BCUT2D eigenvalue weighted by molar-refractivity contribution is 5.95. The Morgan fingerprint density at radius 2 is 1.62 bits per heavy atom. The van der Waals surface area contributed by atoms with Crippen LogP contribution < -0.4 is 15.0 Å². The van der Waals surface area contributed by atoms with Crippen LogP contribution in [0.3, 0.4) is 0 Å². The number of piperazine rings is 1. The zero-order valence-electron chi connectivity index (χ0n) is 19.6. The Hall–Kier alpha value is -3.02. The van der Waals surface area contributed by atoms with Gasteiger partial charge in [-0.25, -0.2) is 0 Å². The summed E-state index contributed by atoms with van der Waals surface area (Å²) >= 11 is 0. The lowest BCUT2D eigenvalue weighted by atomic mass is 9.99. The molecule has 1 aliphatic rings. The standard InChI is InChI=1S/C26H35N3O3/c1-5-20(4)21-10-12-22(13-11-21)32-18-25(30)27-23-8-6-7-9-24(23)28-14-16-29(17-15-28)26(31)19(2)3/h6-13,19-20H,5,14-18H2,1-4H3,(H,27,30). The maximum absolute atomic E-state index is 12.6. The first-order valence-corrected chi connectivity index (χ1v) is 11.5. The third-order valence-corrected chi connectivity index (χ3v) is 6.04. The molecule has 1 heterocycles. The first-order valence-electron chi connectivity index (χ1n) is 11.5. The lowest BCUT2D eigenvalue weighted by Gasteiger charge is -2.37. The molecule has 0 aliphatic carbocycles. The number of amides is 2. The monoisotopic (exact) mass is 437 g/mol. The Bertz CT molecular complexity index is 903. The Labute approximate surface area is 191 Å². The van der Waals surface area contributed by atoms with Crippen LogP contribution >= 0.6 is 0 Å². The third-order valence-electron chi connectivity index (χ3n) is 6.04. The zero-order chi connectivity index (χ0) is 23.1. The average Bonchev–Trinajstić information content (AvgIpc) is 2.82. The highest BCUT2D eigenvalue weighted by Crippen LogP contribution is 2.27. The van der Waals surface area contributed by atoms with E-state index in [2.05, 4.69) is 36.2 Å². The maximum Gasteiger partial charge on any atom is 0.262 e. The van der Waals surface area contributed by atoms with Gasteiger partial charge in [-0.2, -0.15) is 0 Å². The van der Waals surface area contributed by atoms with E-state index < -0.39 is 0 Å². The Morgan fingerprint density at radius 1 is 0.969 bits per heavy atom. The number of nitrogens with zero attached hydrogens (tertiary/aromatic N) is 2. The molecule has 0 radical (unpaired) electrons. The number of carbonyl (C=O) groups is 2. The number of hydrogen-bond donors (Lipinski definition) is 1. The van der Waals surface area contributed by atoms with Crippen molar-refractivity contribution in [1.29, 1.82) is 0 Å². The van der Waals surface area contributed by atoms with Crippen LogP contribution in [0.25, 0.3) is 0 Å². The van der Waals surface area contributed by atoms with Gasteiger partial charge in [-0.1, -0.05) is 52.0 Å². The van der Waals surface area contributed by atoms with Crippen LogP contribution in [-0.2, 0) is 9.59 Å². The largest absolute Gasteiger partial charge is 0.484 e. The number of nitrogens with one attached hydrogen (secondary N) is 1. The van der Waals surface area contributed by atoms with Crippen LogP contribution in [0.15, 0.2) is 48.5 Å². The number of rotatable bonds is 8. The fourth-order valence-electron chi connectivity index (χ4n) is 3.85. The molecule has 0 saturated carbocycles. The molecule has 1 unspecified atom stereocenters. The minimum atomic E-state index is -0.197. The van der Waals surface area contributed by atoms with Gasteiger partial charge < -0.3 is 19.9 Å². The molecule has 1 N–H and O–H groups in total. The molecule has 2 aromatic rings. The molecular formula is C26H35N3O3. The van der Waals surface area contributed by atoms with Gasteiger partial charge in [0.25, 0.3) is 5.91 Å². The van der Waals surface area contributed by atoms with Gasteiger partial charge in [0.2, 0.25) is 5.91 Å². The van der Waals surface area contributed by atoms with Crippen molar-refractivity contribution in [3.63, 3.8) is 0 Å². The highest BCUT2D eigenvalue weighted by Gasteiger charge is 2.24. The van der Waals surface area contributed by atoms with Crippen molar-refractivity contribution in [2.45, 2.75) is 40.0 Å². The van der Waals surface area contributed by atoms with E-state index in [9.17, 15) is 9.59 Å². The summed E-state index contributed by atoms with van der Waals surface area (Å²) in [5.74, 6) is 1.21. The molecule has 172 valence electrons. The molecule has 2 aromatic carbocycles. The number of hydrogen-bond acceptors (Lipinski definition) is 4. The van der Waals surface area contributed by atoms with E-state index in [4.69, 9.17) is 4.74 Å². The topological polar surface area (TPSA) is 61.9 Å². The quantitative estimate of drug-likeness (QED) is 0.659. The molecule has 0 spiro atoms. The number of para-hydroxylation sites is 2. The molecule has 1 aliphatic heterocycles. The van der Waals surface area contributed by atoms with Gasteiger partial charge in [0.15, 0.2) is 6.61 Å². The first kappa shape index (κ1) is 23.6. The van der Waals surface area contributed by atoms with Crippen molar-refractivity contribution in [3.8, 4) is 5.75 Å². The summed E-state index contributed by atoms with van der Waals surface area (Å²) in [4.78, 5) is 28.9. The molecule has 1 atom stereocenters. The molecule has 32 heavy (non-hydrogen) atoms. The van der Waals surface area contributed by atoms with Crippen LogP contribution in [0.2, 0.25) is 0 Å². The van der Waals surface area contributed by atoms with E-state index in [1.165, 1.54) is 5.56 Å². The molecule has 2 amide bonds. The zero-order valence-corrected chi connectivity index (χ0v) is 19.6. The number of benzene rings is 2. The van der Waals surface area contributed by atoms with Crippen LogP contribution in [0.4, 0.5) is 11.4 Å². The predicted octanol–water partition coefficient (Wildman–Crippen LogP) is 4.52. The summed E-state index contributed by atoms with van der Waals surface area (Å²) in [6.45, 7) is 11.0. The lowest BCUT2D eigenvalue weighted by Crippen LogP contribution is -2.50. The fourth-order valence-corrected chi connectivity index (χ4v) is 3.85. The summed E-state index contributed by atoms with van der Waals surface area (Å²) in [5, 5.41) is 2.98. The van der Waals surface area contributed by atoms with Crippen LogP contribution in [0.1, 0.15) is 45.6 Å². The van der Waals surface area contributed by atoms with Crippen molar-refractivity contribution in [2.75, 3.05) is 43.0 Å². The van der Waals surface area contributed by atoms with Gasteiger partial charge in [-0.3, -0.25) is 9.59 Å². The molecule has 0 bridgehead atoms. The van der Waals surface area contributed by atoms with Crippen molar-refractivity contribution < 1.29 is 14.3 Å². The minimum Gasteiger partial charge on any atom is -0.484 e. The predicted molar refractivity (Wildman–Crippen MR) is 129 cm³/mol. The Morgan fingerprint density at radius 3 is 2.25 bits per heavy atom. The van der Waals surface area contributed by atoms with E-state index in [1.807, 2.05) is 55.1 Å².